The molecule has 3 aliphatic heterocycles. The fourth-order valence-electron chi connectivity index (χ4n) is 5.99. The first kappa shape index (κ1) is 31.9. The van der Waals surface area contributed by atoms with Gasteiger partial charge in [-0.3, -0.25) is 4.57 Å². The zero-order valence-electron chi connectivity index (χ0n) is 23.3. The van der Waals surface area contributed by atoms with Gasteiger partial charge in [-0.15, -0.1) is 11.3 Å². The van der Waals surface area contributed by atoms with E-state index < -0.39 is 35.0 Å². The molecule has 0 saturated carbocycles. The summed E-state index contributed by atoms with van der Waals surface area (Å²) in [5.74, 6) is -3.63. The van der Waals surface area contributed by atoms with E-state index in [1.54, 1.807) is 12.1 Å². The molecule has 16 heteroatoms. The highest BCUT2D eigenvalue weighted by molar-refractivity contribution is 7.92. The van der Waals surface area contributed by atoms with Gasteiger partial charge in [-0.2, -0.15) is 9.98 Å². The second-order valence-corrected chi connectivity index (χ2v) is 16.0. The molecule has 1 atom stereocenters. The van der Waals surface area contributed by atoms with Crippen LogP contribution in [0.25, 0.3) is 10.1 Å². The van der Waals surface area contributed by atoms with Crippen LogP contribution >= 0.6 is 18.9 Å². The van der Waals surface area contributed by atoms with E-state index in [2.05, 4.69) is 0 Å². The maximum atomic E-state index is 15.1. The monoisotopic (exact) mass is 657 g/mol. The largest absolute Gasteiger partial charge is 0.488 e. The Morgan fingerprint density at radius 1 is 1.05 bits per heavy atom. The third kappa shape index (κ3) is 6.78. The van der Waals surface area contributed by atoms with E-state index in [0.29, 0.717) is 30.6 Å². The summed E-state index contributed by atoms with van der Waals surface area (Å²) in [6.45, 7) is 9.51. The van der Waals surface area contributed by atoms with E-state index in [9.17, 15) is 27.2 Å². The van der Waals surface area contributed by atoms with Crippen molar-refractivity contribution in [3.8, 4) is 11.8 Å². The van der Waals surface area contributed by atoms with Crippen molar-refractivity contribution in [3.63, 3.8) is 0 Å². The number of piperazine rings is 3. The zero-order chi connectivity index (χ0) is 31.0. The number of nitrogens with one attached hydrogen (secondary N) is 1. The number of sulfonamides is 1. The van der Waals surface area contributed by atoms with Crippen molar-refractivity contribution in [2.45, 2.75) is 16.4 Å². The molecule has 2 bridgehead atoms. The topological polar surface area (TPSA) is 163 Å². The SMILES string of the molecule is N#Cc1ccc(C(NS(=O)(=O)c2cc3c(F)cc(OCC[N+]45CC[N+](CCCN)(CC4)CC5)cc3s2)P(=O)(O)O)cc1F. The first-order chi connectivity index (χ1) is 20.3. The van der Waals surface area contributed by atoms with Gasteiger partial charge in [0.15, 0.2) is 0 Å². The summed E-state index contributed by atoms with van der Waals surface area (Å²) < 4.78 is 77.6. The molecule has 1 unspecified atom stereocenters. The van der Waals surface area contributed by atoms with E-state index in [1.165, 1.54) is 6.07 Å². The van der Waals surface area contributed by atoms with Crippen LogP contribution in [0.2, 0.25) is 0 Å². The van der Waals surface area contributed by atoms with Crippen LogP contribution in [0.3, 0.4) is 0 Å². The van der Waals surface area contributed by atoms with Crippen LogP contribution in [0.5, 0.6) is 5.75 Å². The fraction of sp³-hybridized carbons (Fsp3) is 0.444. The fourth-order valence-corrected chi connectivity index (χ4v) is 10.0. The van der Waals surface area contributed by atoms with Crippen molar-refractivity contribution in [1.29, 1.82) is 5.26 Å². The van der Waals surface area contributed by atoms with Crippen molar-refractivity contribution in [2.24, 2.45) is 5.73 Å². The van der Waals surface area contributed by atoms with Gasteiger partial charge in [0.2, 0.25) is 0 Å². The molecule has 0 aliphatic carbocycles. The van der Waals surface area contributed by atoms with Crippen LogP contribution < -0.4 is 15.2 Å². The highest BCUT2D eigenvalue weighted by Crippen LogP contribution is 2.51. The van der Waals surface area contributed by atoms with Crippen LogP contribution in [-0.2, 0) is 14.6 Å². The molecule has 3 aromatic rings. The highest BCUT2D eigenvalue weighted by Gasteiger charge is 2.48. The number of halogens is 2. The number of benzene rings is 2. The van der Waals surface area contributed by atoms with Gasteiger partial charge in [0.05, 0.1) is 12.1 Å². The number of fused-ring (bicyclic) bond motifs is 4. The van der Waals surface area contributed by atoms with Gasteiger partial charge >= 0.3 is 7.60 Å². The maximum absolute atomic E-state index is 15.1. The summed E-state index contributed by atoms with van der Waals surface area (Å²) in [6, 6.07) is 8.13. The number of hydrogen-bond acceptors (Lipinski definition) is 7. The van der Waals surface area contributed by atoms with Gasteiger partial charge in [-0.1, -0.05) is 6.07 Å². The molecule has 0 amide bonds. The molecular formula is C27H34F2N5O6PS2+2. The number of hydrogen-bond donors (Lipinski definition) is 4. The molecule has 1 aromatic heterocycles. The van der Waals surface area contributed by atoms with E-state index in [0.717, 1.165) is 85.9 Å². The molecule has 3 aliphatic rings. The molecule has 3 saturated heterocycles. The third-order valence-electron chi connectivity index (χ3n) is 8.65. The molecule has 43 heavy (non-hydrogen) atoms. The molecule has 2 aromatic carbocycles. The first-order valence-corrected chi connectivity index (χ1v) is 17.8. The predicted molar refractivity (Wildman–Crippen MR) is 157 cm³/mol. The van der Waals surface area contributed by atoms with Crippen molar-refractivity contribution < 1.29 is 45.3 Å². The summed E-state index contributed by atoms with van der Waals surface area (Å²) in [6.07, 6.45) is 1.03. The number of nitriles is 1. The Morgan fingerprint density at radius 2 is 1.70 bits per heavy atom. The van der Waals surface area contributed by atoms with E-state index >= 15 is 4.39 Å². The molecule has 4 heterocycles. The van der Waals surface area contributed by atoms with Gasteiger partial charge < -0.3 is 29.2 Å². The summed E-state index contributed by atoms with van der Waals surface area (Å²) in [5, 5.41) is 8.93. The molecule has 6 rings (SSSR count). The number of nitrogens with zero attached hydrogens (tertiary/aromatic N) is 3. The smallest absolute Gasteiger partial charge is 0.347 e. The van der Waals surface area contributed by atoms with Crippen molar-refractivity contribution in [3.05, 3.63) is 59.2 Å². The molecule has 0 spiro atoms. The van der Waals surface area contributed by atoms with E-state index in [-0.39, 0.29) is 31.2 Å². The summed E-state index contributed by atoms with van der Waals surface area (Å²) in [4.78, 5) is 19.7. The Morgan fingerprint density at radius 3 is 2.28 bits per heavy atom. The summed E-state index contributed by atoms with van der Waals surface area (Å²) in [7, 11) is -9.78. The molecular weight excluding hydrogens is 623 g/mol. The predicted octanol–water partition coefficient (Wildman–Crippen LogP) is 2.59. The lowest BCUT2D eigenvalue weighted by molar-refractivity contribution is -1.08. The number of quaternary nitrogens is 2. The minimum absolute atomic E-state index is 0.00963. The van der Waals surface area contributed by atoms with Gasteiger partial charge in [0.1, 0.15) is 85.9 Å². The number of rotatable bonds is 12. The lowest BCUT2D eigenvalue weighted by Crippen LogP contribution is -2.75. The van der Waals surface area contributed by atoms with E-state index in [1.807, 2.05) is 4.72 Å². The minimum atomic E-state index is -5.19. The van der Waals surface area contributed by atoms with Gasteiger partial charge in [-0.05, 0) is 36.4 Å². The molecule has 0 radical (unpaired) electrons. The average molecular weight is 658 g/mol. The van der Waals surface area contributed by atoms with Gasteiger partial charge in [-0.25, -0.2) is 17.2 Å². The van der Waals surface area contributed by atoms with E-state index in [4.69, 9.17) is 15.7 Å². The lowest BCUT2D eigenvalue weighted by atomic mass is 10.1. The maximum Gasteiger partial charge on any atom is 0.347 e. The normalized spacial score (nSPS) is 22.9. The van der Waals surface area contributed by atoms with Crippen molar-refractivity contribution >= 4 is 39.0 Å². The summed E-state index contributed by atoms with van der Waals surface area (Å²) in [5.41, 5.74) is 4.98. The van der Waals surface area contributed by atoms with Crippen molar-refractivity contribution in [1.82, 2.24) is 4.72 Å². The van der Waals surface area contributed by atoms with Crippen LogP contribution in [-0.4, -0.2) is 92.7 Å². The second kappa shape index (κ2) is 12.1. The Labute approximate surface area is 252 Å². The van der Waals surface area contributed by atoms with Crippen LogP contribution in [0.1, 0.15) is 23.3 Å². The van der Waals surface area contributed by atoms with Gasteiger partial charge in [0.25, 0.3) is 10.0 Å². The third-order valence-corrected chi connectivity index (χ3v) is 12.9. The van der Waals surface area contributed by atoms with Gasteiger partial charge in [0, 0.05) is 22.6 Å². The quantitative estimate of drug-likeness (QED) is 0.171. The molecule has 232 valence electrons. The molecule has 5 N–H and O–H groups in total. The first-order valence-electron chi connectivity index (χ1n) is 13.8. The second-order valence-electron chi connectivity index (χ2n) is 11.3. The summed E-state index contributed by atoms with van der Waals surface area (Å²) >= 11 is 0.712. The standard InChI is InChI=1S/C27H32F2N5O6PS2/c28-23-14-19(2-3-20(23)18-31)27(41(35,36)37)32-43(38,39)26-17-22-24(29)15-21(16-25(22)42-26)40-13-12-34-9-6-33(7-10-34,8-11-34)5-1-4-30/h2-3,14-17,27,32H,1,4-13,30H2/p+2. The number of ether oxygens (including phenoxy) is 1. The minimum Gasteiger partial charge on any atom is -0.488 e. The molecule has 11 nitrogen and oxygen atoms in total. The Hall–Kier alpha value is -2.51. The van der Waals surface area contributed by atoms with Crippen LogP contribution in [0.15, 0.2) is 40.6 Å². The van der Waals surface area contributed by atoms with Crippen LogP contribution in [0, 0.1) is 23.0 Å². The Kier molecular flexibility index (Phi) is 8.99. The average Bonchev–Trinajstić information content (AvgIpc) is 3.41. The Bertz CT molecular complexity index is 1700. The van der Waals surface area contributed by atoms with Crippen LogP contribution in [0.4, 0.5) is 8.78 Å². The highest BCUT2D eigenvalue weighted by atomic mass is 32.2. The zero-order valence-corrected chi connectivity index (χ0v) is 25.8. The Balaban J connectivity index is 1.29. The number of thiophene rings is 1. The number of nitrogens with two attached hydrogens (primary N) is 1. The molecule has 3 fully saturated rings. The lowest BCUT2D eigenvalue weighted by Gasteiger charge is -2.55. The van der Waals surface area contributed by atoms with Crippen molar-refractivity contribution in [2.75, 3.05) is 65.5 Å².